The molecule has 2 amide bonds. The number of amides is 2. The first-order valence-corrected chi connectivity index (χ1v) is 14.8. The van der Waals surface area contributed by atoms with E-state index in [2.05, 4.69) is 28.1 Å². The summed E-state index contributed by atoms with van der Waals surface area (Å²) < 4.78 is 17.5. The molecule has 11 nitrogen and oxygen atoms in total. The summed E-state index contributed by atoms with van der Waals surface area (Å²) in [5, 5.41) is 10.5. The van der Waals surface area contributed by atoms with Gasteiger partial charge in [0.15, 0.2) is 11.5 Å². The van der Waals surface area contributed by atoms with Gasteiger partial charge in [-0.3, -0.25) is 19.3 Å². The molecule has 3 heterocycles. The van der Waals surface area contributed by atoms with Gasteiger partial charge in [-0.1, -0.05) is 13.3 Å². The van der Waals surface area contributed by atoms with Crippen molar-refractivity contribution in [1.82, 2.24) is 14.7 Å². The molecule has 0 spiro atoms. The molecule has 0 aliphatic carbocycles. The van der Waals surface area contributed by atoms with Crippen LogP contribution in [-0.2, 0) is 14.4 Å². The molecule has 3 aliphatic rings. The van der Waals surface area contributed by atoms with Gasteiger partial charge in [0.1, 0.15) is 0 Å². The van der Waals surface area contributed by atoms with Crippen molar-refractivity contribution >= 4 is 17.8 Å². The minimum atomic E-state index is -0.941. The Morgan fingerprint density at radius 3 is 2.56 bits per heavy atom. The third kappa shape index (κ3) is 7.43. The minimum absolute atomic E-state index is 0.00524. The number of aliphatic carboxylic acids is 1. The second kappa shape index (κ2) is 13.3. The average molecular weight is 576 g/mol. The molecule has 3 atom stereocenters. The molecule has 2 saturated heterocycles. The molecule has 0 bridgehead atoms. The third-order valence-electron chi connectivity index (χ3n) is 8.45. The van der Waals surface area contributed by atoms with E-state index in [1.807, 2.05) is 21.9 Å². The SMILES string of the molecule is CCCCN(CCC[N+](C)(C)C)C(=O)CN1CC(c2cc(OC)c3c(c2)OCO3)C(C(=O)O)C1CN1CCCC1=O. The van der Waals surface area contributed by atoms with E-state index < -0.39 is 23.8 Å². The van der Waals surface area contributed by atoms with Crippen molar-refractivity contribution in [3.8, 4) is 17.2 Å². The van der Waals surface area contributed by atoms with Crippen molar-refractivity contribution in [2.75, 3.05) is 80.9 Å². The van der Waals surface area contributed by atoms with Gasteiger partial charge < -0.3 is 33.6 Å². The maximum absolute atomic E-state index is 13.8. The summed E-state index contributed by atoms with van der Waals surface area (Å²) in [5.74, 6) is -0.617. The van der Waals surface area contributed by atoms with Gasteiger partial charge in [0.25, 0.3) is 0 Å². The van der Waals surface area contributed by atoms with Gasteiger partial charge in [0.2, 0.25) is 24.4 Å². The molecule has 11 heteroatoms. The van der Waals surface area contributed by atoms with Gasteiger partial charge in [-0.15, -0.1) is 0 Å². The fraction of sp³-hybridized carbons (Fsp3) is 0.700. The van der Waals surface area contributed by atoms with E-state index in [4.69, 9.17) is 14.2 Å². The Morgan fingerprint density at radius 1 is 1.17 bits per heavy atom. The molecule has 1 aromatic rings. The lowest BCUT2D eigenvalue weighted by atomic mass is 9.84. The molecule has 1 aromatic carbocycles. The van der Waals surface area contributed by atoms with E-state index in [0.29, 0.717) is 49.8 Å². The van der Waals surface area contributed by atoms with Crippen LogP contribution in [0.2, 0.25) is 0 Å². The van der Waals surface area contributed by atoms with Crippen molar-refractivity contribution in [3.63, 3.8) is 0 Å². The van der Waals surface area contributed by atoms with Crippen LogP contribution in [0.1, 0.15) is 50.5 Å². The summed E-state index contributed by atoms with van der Waals surface area (Å²) in [4.78, 5) is 44.9. The van der Waals surface area contributed by atoms with Crippen LogP contribution in [0.3, 0.4) is 0 Å². The van der Waals surface area contributed by atoms with Crippen LogP contribution < -0.4 is 14.2 Å². The van der Waals surface area contributed by atoms with Crippen LogP contribution in [0.25, 0.3) is 0 Å². The van der Waals surface area contributed by atoms with Crippen molar-refractivity contribution in [2.24, 2.45) is 5.92 Å². The summed E-state index contributed by atoms with van der Waals surface area (Å²) in [5.41, 5.74) is 0.761. The second-order valence-electron chi connectivity index (χ2n) is 12.5. The number of carbonyl (C=O) groups is 3. The normalized spacial score (nSPS) is 22.4. The van der Waals surface area contributed by atoms with E-state index in [-0.39, 0.29) is 31.7 Å². The smallest absolute Gasteiger partial charge is 0.308 e. The number of quaternary nitrogens is 1. The lowest BCUT2D eigenvalue weighted by molar-refractivity contribution is -0.870. The molecule has 0 aromatic heterocycles. The minimum Gasteiger partial charge on any atom is -0.493 e. The standard InChI is InChI=1S/C30H46N4O7/c1-6-7-11-31(13-9-14-34(2,3)4)27(36)19-33-17-22(21-15-24(39-5)29-25(16-21)40-20-41-29)28(30(37)38)23(33)18-32-12-8-10-26(32)35/h15-16,22-23,28H,6-14,17-20H2,1-5H3/p+1. The number of nitrogens with zero attached hydrogens (tertiary/aromatic N) is 4. The number of ether oxygens (including phenoxy) is 3. The van der Waals surface area contributed by atoms with E-state index >= 15 is 0 Å². The Hall–Kier alpha value is -3.05. The molecule has 228 valence electrons. The maximum Gasteiger partial charge on any atom is 0.308 e. The maximum atomic E-state index is 13.8. The van der Waals surface area contributed by atoms with Gasteiger partial charge in [-0.05, 0) is 30.5 Å². The largest absolute Gasteiger partial charge is 0.493 e. The lowest BCUT2D eigenvalue weighted by Gasteiger charge is -2.32. The molecule has 0 saturated carbocycles. The lowest BCUT2D eigenvalue weighted by Crippen LogP contribution is -2.49. The summed E-state index contributed by atoms with van der Waals surface area (Å²) >= 11 is 0. The highest BCUT2D eigenvalue weighted by Gasteiger charge is 2.49. The summed E-state index contributed by atoms with van der Waals surface area (Å²) in [6.07, 6.45) is 4.03. The first-order chi connectivity index (χ1) is 19.5. The number of unbranched alkanes of at least 4 members (excludes halogenated alkanes) is 1. The first-order valence-electron chi connectivity index (χ1n) is 14.8. The number of carboxylic acids is 1. The Balaban J connectivity index is 1.61. The van der Waals surface area contributed by atoms with E-state index in [1.54, 1.807) is 12.0 Å². The van der Waals surface area contributed by atoms with Gasteiger partial charge in [-0.2, -0.15) is 0 Å². The number of fused-ring (bicyclic) bond motifs is 1. The second-order valence-corrected chi connectivity index (χ2v) is 12.5. The van der Waals surface area contributed by atoms with Crippen LogP contribution in [0, 0.1) is 5.92 Å². The topological polar surface area (TPSA) is 109 Å². The number of likely N-dealkylation sites (tertiary alicyclic amines) is 2. The molecule has 3 aliphatic heterocycles. The number of carboxylic acid groups (broad SMARTS) is 1. The van der Waals surface area contributed by atoms with E-state index in [9.17, 15) is 19.5 Å². The van der Waals surface area contributed by atoms with Crippen molar-refractivity contribution < 1.29 is 38.2 Å². The summed E-state index contributed by atoms with van der Waals surface area (Å²) in [6, 6.07) is 3.14. The first kappa shape index (κ1) is 30.9. The molecule has 3 unspecified atom stereocenters. The number of hydrogen-bond acceptors (Lipinski definition) is 7. The molecular formula is C30H47N4O7+. The van der Waals surface area contributed by atoms with Crippen molar-refractivity contribution in [3.05, 3.63) is 17.7 Å². The average Bonchev–Trinajstić information content (AvgIpc) is 3.64. The number of methoxy groups -OCH3 is 1. The zero-order valence-corrected chi connectivity index (χ0v) is 25.3. The van der Waals surface area contributed by atoms with Crippen molar-refractivity contribution in [2.45, 2.75) is 51.0 Å². The Bertz CT molecular complexity index is 1110. The zero-order valence-electron chi connectivity index (χ0n) is 25.3. The van der Waals surface area contributed by atoms with Crippen LogP contribution in [0.5, 0.6) is 17.2 Å². The number of carbonyl (C=O) groups excluding carboxylic acids is 2. The summed E-state index contributed by atoms with van der Waals surface area (Å²) in [6.45, 7) is 5.88. The van der Waals surface area contributed by atoms with Crippen LogP contribution in [-0.4, -0.2) is 129 Å². The van der Waals surface area contributed by atoms with E-state index in [1.165, 1.54) is 0 Å². The monoisotopic (exact) mass is 575 g/mol. The summed E-state index contributed by atoms with van der Waals surface area (Å²) in [7, 11) is 7.97. The molecule has 0 radical (unpaired) electrons. The molecule has 4 rings (SSSR count). The number of rotatable bonds is 14. The predicted molar refractivity (Wildman–Crippen MR) is 153 cm³/mol. The van der Waals surface area contributed by atoms with Crippen molar-refractivity contribution in [1.29, 1.82) is 0 Å². The van der Waals surface area contributed by atoms with Crippen LogP contribution in [0.15, 0.2) is 12.1 Å². The fourth-order valence-electron chi connectivity index (χ4n) is 6.26. The van der Waals surface area contributed by atoms with Crippen LogP contribution in [0.4, 0.5) is 0 Å². The van der Waals surface area contributed by atoms with Gasteiger partial charge >= 0.3 is 5.97 Å². The fourth-order valence-corrected chi connectivity index (χ4v) is 6.26. The number of hydrogen-bond donors (Lipinski definition) is 1. The van der Waals surface area contributed by atoms with Gasteiger partial charge in [-0.25, -0.2) is 0 Å². The van der Waals surface area contributed by atoms with Crippen LogP contribution >= 0.6 is 0 Å². The highest BCUT2D eigenvalue weighted by Crippen LogP contribution is 2.47. The quantitative estimate of drug-likeness (QED) is 0.337. The molecule has 2 fully saturated rings. The highest BCUT2D eigenvalue weighted by atomic mass is 16.7. The predicted octanol–water partition coefficient (Wildman–Crippen LogP) is 2.24. The Kier molecular flexibility index (Phi) is 10.0. The highest BCUT2D eigenvalue weighted by molar-refractivity contribution is 5.80. The van der Waals surface area contributed by atoms with E-state index in [0.717, 1.165) is 42.3 Å². The molecule has 1 N–H and O–H groups in total. The van der Waals surface area contributed by atoms with Gasteiger partial charge in [0, 0.05) is 57.5 Å². The number of benzene rings is 1. The third-order valence-corrected chi connectivity index (χ3v) is 8.45. The Labute approximate surface area is 243 Å². The molecular weight excluding hydrogens is 528 g/mol. The van der Waals surface area contributed by atoms with Gasteiger partial charge in [0.05, 0.1) is 47.3 Å². The molecule has 41 heavy (non-hydrogen) atoms. The zero-order chi connectivity index (χ0) is 29.7. The Morgan fingerprint density at radius 2 is 1.93 bits per heavy atom.